The maximum Gasteiger partial charge on any atom is 0.224 e. The Morgan fingerprint density at radius 2 is 2.17 bits per heavy atom. The van der Waals surface area contributed by atoms with Crippen molar-refractivity contribution in [3.63, 3.8) is 0 Å². The zero-order valence-corrected chi connectivity index (χ0v) is 11.2. The number of allylic oxidation sites excluding steroid dienone is 1. The molecule has 100 valence electrons. The second-order valence-corrected chi connectivity index (χ2v) is 6.14. The van der Waals surface area contributed by atoms with Crippen molar-refractivity contribution in [2.75, 3.05) is 19.6 Å². The molecule has 1 N–H and O–H groups in total. The molecule has 1 amide bonds. The Balaban J connectivity index is 1.66. The van der Waals surface area contributed by atoms with Gasteiger partial charge in [-0.2, -0.15) is 0 Å². The smallest absolute Gasteiger partial charge is 0.224 e. The first kappa shape index (κ1) is 12.2. The second-order valence-electron chi connectivity index (χ2n) is 6.14. The van der Waals surface area contributed by atoms with Crippen molar-refractivity contribution >= 4 is 5.91 Å². The Hall–Kier alpha value is -0.830. The normalized spacial score (nSPS) is 33.6. The van der Waals surface area contributed by atoms with E-state index in [-0.39, 0.29) is 5.92 Å². The van der Waals surface area contributed by atoms with Crippen molar-refractivity contribution in [3.05, 3.63) is 11.6 Å². The minimum atomic E-state index is 0.238. The van der Waals surface area contributed by atoms with Gasteiger partial charge >= 0.3 is 0 Å². The molecule has 1 aliphatic carbocycles. The average molecular weight is 248 g/mol. The van der Waals surface area contributed by atoms with Crippen LogP contribution in [0, 0.1) is 5.92 Å². The van der Waals surface area contributed by atoms with Crippen LogP contribution in [-0.2, 0) is 4.79 Å². The van der Waals surface area contributed by atoms with E-state index in [1.165, 1.54) is 32.1 Å². The van der Waals surface area contributed by atoms with Crippen LogP contribution in [0.5, 0.6) is 0 Å². The molecular weight excluding hydrogens is 224 g/mol. The van der Waals surface area contributed by atoms with Gasteiger partial charge in [0.15, 0.2) is 0 Å². The van der Waals surface area contributed by atoms with E-state index in [2.05, 4.69) is 16.3 Å². The largest absolute Gasteiger partial charge is 0.352 e. The molecule has 18 heavy (non-hydrogen) atoms. The summed E-state index contributed by atoms with van der Waals surface area (Å²) in [5.41, 5.74) is 1.61. The van der Waals surface area contributed by atoms with Crippen LogP contribution in [0.4, 0.5) is 0 Å². The molecule has 2 aliphatic heterocycles. The molecule has 3 heteroatoms. The first-order chi connectivity index (χ1) is 8.81. The van der Waals surface area contributed by atoms with Crippen molar-refractivity contribution in [3.8, 4) is 0 Å². The lowest BCUT2D eigenvalue weighted by molar-refractivity contribution is -0.124. The summed E-state index contributed by atoms with van der Waals surface area (Å²) in [6.45, 7) is 3.13. The summed E-state index contributed by atoms with van der Waals surface area (Å²) in [7, 11) is 0. The predicted molar refractivity (Wildman–Crippen MR) is 72.3 cm³/mol. The topological polar surface area (TPSA) is 32.3 Å². The average Bonchev–Trinajstić information content (AvgIpc) is 2.59. The van der Waals surface area contributed by atoms with Crippen molar-refractivity contribution in [2.24, 2.45) is 5.92 Å². The maximum absolute atomic E-state index is 12.0. The Morgan fingerprint density at radius 3 is 3.00 bits per heavy atom. The van der Waals surface area contributed by atoms with Crippen molar-refractivity contribution in [2.45, 2.75) is 51.0 Å². The zero-order valence-electron chi connectivity index (χ0n) is 11.2. The van der Waals surface area contributed by atoms with Crippen LogP contribution in [0.3, 0.4) is 0 Å². The van der Waals surface area contributed by atoms with Crippen molar-refractivity contribution in [1.82, 2.24) is 10.2 Å². The van der Waals surface area contributed by atoms with E-state index in [1.807, 2.05) is 0 Å². The quantitative estimate of drug-likeness (QED) is 0.759. The Kier molecular flexibility index (Phi) is 3.69. The van der Waals surface area contributed by atoms with E-state index in [0.717, 1.165) is 32.5 Å². The molecule has 2 fully saturated rings. The first-order valence-electron chi connectivity index (χ1n) is 7.52. The van der Waals surface area contributed by atoms with Crippen LogP contribution in [-0.4, -0.2) is 36.5 Å². The monoisotopic (exact) mass is 248 g/mol. The summed E-state index contributed by atoms with van der Waals surface area (Å²) < 4.78 is 0. The molecular formula is C15H24N2O. The molecule has 3 aliphatic rings. The number of likely N-dealkylation sites (tertiary alicyclic amines) is 1. The first-order valence-corrected chi connectivity index (χ1v) is 7.52. The number of amides is 1. The standard InChI is InChI=1S/C15H24N2O/c18-15-13-7-4-8-14(16-15)11-17(10-13)9-12-5-2-1-3-6-12/h5,13-14H,1-4,6-11H2,(H,16,18)/t13-,14+/m1/s1. The molecule has 0 saturated carbocycles. The van der Waals surface area contributed by atoms with Gasteiger partial charge in [0.25, 0.3) is 0 Å². The maximum atomic E-state index is 12.0. The molecule has 0 radical (unpaired) electrons. The van der Waals surface area contributed by atoms with Gasteiger partial charge in [-0.15, -0.1) is 0 Å². The van der Waals surface area contributed by atoms with Gasteiger partial charge in [0.2, 0.25) is 5.91 Å². The highest BCUT2D eigenvalue weighted by Crippen LogP contribution is 2.24. The van der Waals surface area contributed by atoms with E-state index in [9.17, 15) is 4.79 Å². The molecule has 0 aromatic carbocycles. The van der Waals surface area contributed by atoms with Crippen LogP contribution < -0.4 is 5.32 Å². The summed E-state index contributed by atoms with van der Waals surface area (Å²) in [5.74, 6) is 0.541. The molecule has 0 unspecified atom stereocenters. The van der Waals surface area contributed by atoms with Gasteiger partial charge in [-0.05, 0) is 38.5 Å². The Morgan fingerprint density at radius 1 is 1.22 bits per heavy atom. The Labute approximate surface area is 110 Å². The van der Waals surface area contributed by atoms with Crippen LogP contribution in [0.2, 0.25) is 0 Å². The third-order valence-corrected chi connectivity index (χ3v) is 4.59. The van der Waals surface area contributed by atoms with E-state index >= 15 is 0 Å². The minimum Gasteiger partial charge on any atom is -0.352 e. The summed E-state index contributed by atoms with van der Waals surface area (Å²) in [6.07, 6.45) is 11.1. The number of hydrogen-bond acceptors (Lipinski definition) is 2. The van der Waals surface area contributed by atoms with E-state index in [1.54, 1.807) is 5.57 Å². The summed E-state index contributed by atoms with van der Waals surface area (Å²) in [4.78, 5) is 14.5. The third-order valence-electron chi connectivity index (χ3n) is 4.59. The van der Waals surface area contributed by atoms with Gasteiger partial charge in [0, 0.05) is 25.7 Å². The fourth-order valence-electron chi connectivity index (χ4n) is 3.61. The van der Waals surface area contributed by atoms with Gasteiger partial charge in [0.1, 0.15) is 0 Å². The number of rotatable bonds is 2. The molecule has 3 rings (SSSR count). The fraction of sp³-hybridized carbons (Fsp3) is 0.800. The molecule has 2 heterocycles. The SMILES string of the molecule is O=C1N[C@H]2CCC[C@@H]1CN(CC1=CCCCC1)C2. The van der Waals surface area contributed by atoms with E-state index < -0.39 is 0 Å². The lowest BCUT2D eigenvalue weighted by Gasteiger charge is -2.29. The van der Waals surface area contributed by atoms with E-state index in [4.69, 9.17) is 0 Å². The van der Waals surface area contributed by atoms with Crippen LogP contribution in [0.1, 0.15) is 44.9 Å². The van der Waals surface area contributed by atoms with Gasteiger partial charge in [-0.3, -0.25) is 9.69 Å². The van der Waals surface area contributed by atoms with Crippen molar-refractivity contribution < 1.29 is 4.79 Å². The van der Waals surface area contributed by atoms with E-state index in [0.29, 0.717) is 11.9 Å². The van der Waals surface area contributed by atoms with Crippen LogP contribution in [0.15, 0.2) is 11.6 Å². The van der Waals surface area contributed by atoms with Gasteiger partial charge in [-0.1, -0.05) is 18.1 Å². The van der Waals surface area contributed by atoms with Gasteiger partial charge in [0.05, 0.1) is 5.92 Å². The van der Waals surface area contributed by atoms with Crippen LogP contribution >= 0.6 is 0 Å². The molecule has 0 aromatic heterocycles. The highest BCUT2D eigenvalue weighted by Gasteiger charge is 2.32. The fourth-order valence-corrected chi connectivity index (χ4v) is 3.61. The van der Waals surface area contributed by atoms with Crippen LogP contribution in [0.25, 0.3) is 0 Å². The second kappa shape index (κ2) is 5.43. The summed E-state index contributed by atoms with van der Waals surface area (Å²) in [6, 6.07) is 0.397. The zero-order chi connectivity index (χ0) is 12.4. The minimum absolute atomic E-state index is 0.238. The number of carbonyl (C=O) groups excluding carboxylic acids is 1. The Bertz CT molecular complexity index is 350. The molecule has 2 saturated heterocycles. The molecule has 0 aromatic rings. The summed E-state index contributed by atoms with van der Waals surface area (Å²) in [5, 5.41) is 3.21. The molecule has 3 nitrogen and oxygen atoms in total. The lowest BCUT2D eigenvalue weighted by Crippen LogP contribution is -2.39. The van der Waals surface area contributed by atoms with Gasteiger partial charge in [-0.25, -0.2) is 0 Å². The number of hydrogen-bond donors (Lipinski definition) is 1. The summed E-state index contributed by atoms with van der Waals surface area (Å²) >= 11 is 0. The third kappa shape index (κ3) is 2.77. The number of nitrogens with one attached hydrogen (secondary N) is 1. The highest BCUT2D eigenvalue weighted by atomic mass is 16.2. The number of fused-ring (bicyclic) bond motifs is 3. The number of nitrogens with zero attached hydrogens (tertiary/aromatic N) is 1. The van der Waals surface area contributed by atoms with Crippen molar-refractivity contribution in [1.29, 1.82) is 0 Å². The number of carbonyl (C=O) groups is 1. The molecule has 0 spiro atoms. The predicted octanol–water partition coefficient (Wildman–Crippen LogP) is 2.09. The highest BCUT2D eigenvalue weighted by molar-refractivity contribution is 5.79. The molecule has 2 atom stereocenters. The van der Waals surface area contributed by atoms with Gasteiger partial charge < -0.3 is 5.32 Å². The molecule has 2 bridgehead atoms. The lowest BCUT2D eigenvalue weighted by atomic mass is 9.96.